The van der Waals surface area contributed by atoms with Gasteiger partial charge < -0.3 is 20.4 Å². The average molecular weight is 409 g/mol. The van der Waals surface area contributed by atoms with E-state index in [4.69, 9.17) is 16.4 Å². The Balaban J connectivity index is 1.67. The van der Waals surface area contributed by atoms with E-state index in [1.54, 1.807) is 6.33 Å². The van der Waals surface area contributed by atoms with E-state index in [1.807, 2.05) is 56.3 Å². The van der Waals surface area contributed by atoms with E-state index < -0.39 is 0 Å². The summed E-state index contributed by atoms with van der Waals surface area (Å²) >= 11 is 0. The second-order valence-corrected chi connectivity index (χ2v) is 6.85. The van der Waals surface area contributed by atoms with Crippen LogP contribution in [0.5, 0.6) is 5.75 Å². The lowest BCUT2D eigenvalue weighted by Gasteiger charge is -2.15. The van der Waals surface area contributed by atoms with Crippen molar-refractivity contribution in [1.82, 2.24) is 19.9 Å². The van der Waals surface area contributed by atoms with Gasteiger partial charge in [-0.2, -0.15) is 15.2 Å². The lowest BCUT2D eigenvalue weighted by atomic mass is 10.1. The Morgan fingerprint density at radius 3 is 2.52 bits per heavy atom. The van der Waals surface area contributed by atoms with Crippen LogP contribution in [0.15, 0.2) is 42.7 Å². The fourth-order valence-electron chi connectivity index (χ4n) is 3.20. The predicted molar refractivity (Wildman–Crippen MR) is 120 cm³/mol. The number of aromatic amines is 1. The van der Waals surface area contributed by atoms with Crippen molar-refractivity contribution >= 4 is 34.3 Å². The van der Waals surface area contributed by atoms with Gasteiger partial charge in [0.15, 0.2) is 18.1 Å². The SMILES string of the molecule is C#Cc1ccc(Nc2nc(Nc3c(C)cc(OCC#N)cc3C)c3[nH]cnc3n2)cc1. The molecule has 4 aromatic rings. The molecule has 0 aliphatic heterocycles. The van der Waals surface area contributed by atoms with Crippen molar-refractivity contribution in [2.75, 3.05) is 17.2 Å². The van der Waals surface area contributed by atoms with Crippen molar-refractivity contribution in [2.24, 2.45) is 0 Å². The summed E-state index contributed by atoms with van der Waals surface area (Å²) in [6.45, 7) is 3.93. The van der Waals surface area contributed by atoms with E-state index in [-0.39, 0.29) is 6.61 Å². The first-order valence-corrected chi connectivity index (χ1v) is 9.50. The van der Waals surface area contributed by atoms with E-state index in [2.05, 4.69) is 36.5 Å². The number of rotatable bonds is 6. The highest BCUT2D eigenvalue weighted by Crippen LogP contribution is 2.31. The summed E-state index contributed by atoms with van der Waals surface area (Å²) in [5.41, 5.74) is 5.64. The summed E-state index contributed by atoms with van der Waals surface area (Å²) < 4.78 is 5.43. The van der Waals surface area contributed by atoms with Gasteiger partial charge in [0.2, 0.25) is 5.95 Å². The van der Waals surface area contributed by atoms with E-state index in [1.165, 1.54) is 0 Å². The van der Waals surface area contributed by atoms with E-state index in [0.29, 0.717) is 28.7 Å². The van der Waals surface area contributed by atoms with Gasteiger partial charge in [-0.1, -0.05) is 5.92 Å². The molecule has 0 atom stereocenters. The molecule has 2 aromatic heterocycles. The Morgan fingerprint density at radius 1 is 1.10 bits per heavy atom. The topological polar surface area (TPSA) is 112 Å². The number of aromatic nitrogens is 4. The molecule has 0 saturated heterocycles. The molecular formula is C23H19N7O. The number of imidazole rings is 1. The van der Waals surface area contributed by atoms with Crippen molar-refractivity contribution in [3.63, 3.8) is 0 Å². The molecule has 3 N–H and O–H groups in total. The standard InChI is InChI=1S/C23H19N7O/c1-4-16-5-7-17(8-6-16)27-23-29-21-20(25-13-26-21)22(30-23)28-19-14(2)11-18(12-15(19)3)31-10-9-24/h1,5-8,11-13H,10H2,2-3H3,(H3,25,26,27,28,29,30). The minimum Gasteiger partial charge on any atom is -0.479 e. The van der Waals surface area contributed by atoms with Crippen LogP contribution in [0, 0.1) is 37.5 Å². The second kappa shape index (κ2) is 8.44. The number of anilines is 4. The number of fused-ring (bicyclic) bond motifs is 1. The molecule has 0 saturated carbocycles. The summed E-state index contributed by atoms with van der Waals surface area (Å²) in [6, 6.07) is 13.2. The zero-order valence-corrected chi connectivity index (χ0v) is 17.0. The third-order valence-electron chi connectivity index (χ3n) is 4.65. The predicted octanol–water partition coefficient (Wildman–Crippen LogP) is 4.34. The number of hydrogen-bond donors (Lipinski definition) is 3. The number of nitrogens with zero attached hydrogens (tertiary/aromatic N) is 4. The van der Waals surface area contributed by atoms with Crippen LogP contribution in [0.2, 0.25) is 0 Å². The molecule has 152 valence electrons. The maximum atomic E-state index is 8.73. The highest BCUT2D eigenvalue weighted by Gasteiger charge is 2.14. The van der Waals surface area contributed by atoms with Gasteiger partial charge in [-0.05, 0) is 61.4 Å². The Morgan fingerprint density at radius 2 is 1.84 bits per heavy atom. The largest absolute Gasteiger partial charge is 0.479 e. The molecule has 2 heterocycles. The number of hydrogen-bond acceptors (Lipinski definition) is 7. The number of benzene rings is 2. The highest BCUT2D eigenvalue weighted by molar-refractivity contribution is 5.87. The Bertz CT molecular complexity index is 1300. The maximum Gasteiger partial charge on any atom is 0.231 e. The van der Waals surface area contributed by atoms with Gasteiger partial charge in [-0.3, -0.25) is 0 Å². The maximum absolute atomic E-state index is 8.73. The van der Waals surface area contributed by atoms with Crippen LogP contribution in [0.25, 0.3) is 11.2 Å². The van der Waals surface area contributed by atoms with Gasteiger partial charge in [0.05, 0.1) is 6.33 Å². The summed E-state index contributed by atoms with van der Waals surface area (Å²) in [6.07, 6.45) is 6.99. The molecule has 8 heteroatoms. The van der Waals surface area contributed by atoms with Crippen LogP contribution >= 0.6 is 0 Å². The van der Waals surface area contributed by atoms with Crippen LogP contribution in [0.3, 0.4) is 0 Å². The molecule has 0 amide bonds. The zero-order valence-electron chi connectivity index (χ0n) is 17.0. The van der Waals surface area contributed by atoms with Crippen molar-refractivity contribution < 1.29 is 4.74 Å². The summed E-state index contributed by atoms with van der Waals surface area (Å²) in [4.78, 5) is 16.5. The normalized spacial score (nSPS) is 10.3. The second-order valence-electron chi connectivity index (χ2n) is 6.85. The summed E-state index contributed by atoms with van der Waals surface area (Å²) in [5, 5.41) is 15.3. The Labute approximate surface area is 179 Å². The molecule has 0 aliphatic carbocycles. The third kappa shape index (κ3) is 4.24. The quantitative estimate of drug-likeness (QED) is 0.406. The van der Waals surface area contributed by atoms with E-state index >= 15 is 0 Å². The molecule has 8 nitrogen and oxygen atoms in total. The smallest absolute Gasteiger partial charge is 0.231 e. The number of nitriles is 1. The van der Waals surface area contributed by atoms with Gasteiger partial charge in [0, 0.05) is 16.9 Å². The van der Waals surface area contributed by atoms with Gasteiger partial charge in [-0.25, -0.2) is 4.98 Å². The summed E-state index contributed by atoms with van der Waals surface area (Å²) in [7, 11) is 0. The number of ether oxygens (including phenoxy) is 1. The fraction of sp³-hybridized carbons (Fsp3) is 0.130. The number of aryl methyl sites for hydroxylation is 2. The molecule has 0 fully saturated rings. The van der Waals surface area contributed by atoms with E-state index in [9.17, 15) is 0 Å². The lowest BCUT2D eigenvalue weighted by Crippen LogP contribution is -2.04. The van der Waals surface area contributed by atoms with Gasteiger partial charge in [0.1, 0.15) is 17.3 Å². The number of terminal acetylenes is 1. The first-order valence-electron chi connectivity index (χ1n) is 9.50. The monoisotopic (exact) mass is 409 g/mol. The number of nitrogens with one attached hydrogen (secondary N) is 3. The molecule has 4 rings (SSSR count). The molecule has 31 heavy (non-hydrogen) atoms. The lowest BCUT2D eigenvalue weighted by molar-refractivity contribution is 0.367. The van der Waals surface area contributed by atoms with Crippen molar-refractivity contribution in [3.8, 4) is 24.2 Å². The molecule has 0 spiro atoms. The third-order valence-corrected chi connectivity index (χ3v) is 4.65. The average Bonchev–Trinajstić information content (AvgIpc) is 3.24. The fourth-order valence-corrected chi connectivity index (χ4v) is 3.20. The first kappa shape index (κ1) is 19.7. The molecule has 2 aromatic carbocycles. The molecule has 0 aliphatic rings. The summed E-state index contributed by atoms with van der Waals surface area (Å²) in [5.74, 6) is 4.23. The highest BCUT2D eigenvalue weighted by atomic mass is 16.5. The minimum atomic E-state index is 0.00365. The van der Waals surface area contributed by atoms with Crippen LogP contribution in [0.1, 0.15) is 16.7 Å². The van der Waals surface area contributed by atoms with Crippen molar-refractivity contribution in [3.05, 3.63) is 59.4 Å². The molecule has 0 unspecified atom stereocenters. The molecular weight excluding hydrogens is 390 g/mol. The van der Waals surface area contributed by atoms with Crippen molar-refractivity contribution in [1.29, 1.82) is 5.26 Å². The zero-order chi connectivity index (χ0) is 21.8. The van der Waals surface area contributed by atoms with Crippen LogP contribution < -0.4 is 15.4 Å². The van der Waals surface area contributed by atoms with E-state index in [0.717, 1.165) is 28.1 Å². The Kier molecular flexibility index (Phi) is 5.37. The first-order chi connectivity index (χ1) is 15.1. The van der Waals surface area contributed by atoms with Crippen LogP contribution in [0.4, 0.5) is 23.1 Å². The minimum absolute atomic E-state index is 0.00365. The molecule has 0 bridgehead atoms. The van der Waals surface area contributed by atoms with Crippen LogP contribution in [-0.2, 0) is 0 Å². The van der Waals surface area contributed by atoms with Gasteiger partial charge >= 0.3 is 0 Å². The van der Waals surface area contributed by atoms with Crippen LogP contribution in [-0.4, -0.2) is 26.5 Å². The molecule has 0 radical (unpaired) electrons. The number of H-pyrrole nitrogens is 1. The van der Waals surface area contributed by atoms with Crippen molar-refractivity contribution in [2.45, 2.75) is 13.8 Å². The van der Waals surface area contributed by atoms with Gasteiger partial charge in [0.25, 0.3) is 0 Å². The van der Waals surface area contributed by atoms with Gasteiger partial charge in [-0.15, -0.1) is 6.42 Å². The Hall–Kier alpha value is -4.56.